The molecule has 0 aliphatic carbocycles. The molecule has 2 aromatic carbocycles. The van der Waals surface area contributed by atoms with Gasteiger partial charge in [0.05, 0.1) is 22.0 Å². The molecule has 2 aliphatic rings. The minimum atomic E-state index is -3.81. The van der Waals surface area contributed by atoms with E-state index >= 15 is 0 Å². The zero-order chi connectivity index (χ0) is 27.0. The van der Waals surface area contributed by atoms with Gasteiger partial charge in [-0.15, -0.1) is 0 Å². The molecule has 12 heteroatoms. The van der Waals surface area contributed by atoms with Crippen LogP contribution in [0, 0.1) is 0 Å². The topological polar surface area (TPSA) is 121 Å². The second-order valence-electron chi connectivity index (χ2n) is 9.38. The lowest BCUT2D eigenvalue weighted by atomic mass is 10.2. The highest BCUT2D eigenvalue weighted by atomic mass is 32.2. The summed E-state index contributed by atoms with van der Waals surface area (Å²) in [5.41, 5.74) is 0.655. The molecule has 2 heterocycles. The van der Waals surface area contributed by atoms with Crippen LogP contribution in [0.1, 0.15) is 41.5 Å². The van der Waals surface area contributed by atoms with Gasteiger partial charge in [0, 0.05) is 50.4 Å². The third-order valence-corrected chi connectivity index (χ3v) is 10.3. The van der Waals surface area contributed by atoms with Gasteiger partial charge < -0.3 is 9.64 Å². The SMILES string of the molecule is CC(=O)c1ccc(S(=O)(=O)N2CCN(C(=O)c3cccc(S(=O)(=O)N4C[C@@H](C)O[C@H](C)C4)c3)CC2)cc1. The van der Waals surface area contributed by atoms with E-state index in [0.717, 1.165) is 0 Å². The molecule has 2 saturated heterocycles. The number of carbonyl (C=O) groups excluding carboxylic acids is 2. The summed E-state index contributed by atoms with van der Waals surface area (Å²) < 4.78 is 60.8. The number of rotatable bonds is 6. The largest absolute Gasteiger partial charge is 0.373 e. The van der Waals surface area contributed by atoms with Gasteiger partial charge in [-0.05, 0) is 51.1 Å². The quantitative estimate of drug-likeness (QED) is 0.504. The van der Waals surface area contributed by atoms with Gasteiger partial charge in [0.25, 0.3) is 5.91 Å². The zero-order valence-corrected chi connectivity index (χ0v) is 22.7. The average Bonchev–Trinajstić information content (AvgIpc) is 2.88. The summed E-state index contributed by atoms with van der Waals surface area (Å²) in [5, 5.41) is 0. The molecule has 4 rings (SSSR count). The van der Waals surface area contributed by atoms with Gasteiger partial charge in [-0.2, -0.15) is 8.61 Å². The number of hydrogen-bond acceptors (Lipinski definition) is 7. The second-order valence-corrected chi connectivity index (χ2v) is 13.3. The van der Waals surface area contributed by atoms with Crippen LogP contribution >= 0.6 is 0 Å². The molecule has 200 valence electrons. The van der Waals surface area contributed by atoms with Crippen LogP contribution in [0.2, 0.25) is 0 Å². The van der Waals surface area contributed by atoms with Crippen molar-refractivity contribution in [1.82, 2.24) is 13.5 Å². The number of nitrogens with zero attached hydrogens (tertiary/aromatic N) is 3. The number of amides is 1. The number of Topliss-reactive ketones (excluding diaryl/α,β-unsaturated/α-hetero) is 1. The number of benzene rings is 2. The van der Waals surface area contributed by atoms with Gasteiger partial charge >= 0.3 is 0 Å². The molecule has 37 heavy (non-hydrogen) atoms. The van der Waals surface area contributed by atoms with E-state index in [9.17, 15) is 26.4 Å². The minimum absolute atomic E-state index is 0.0369. The molecule has 2 fully saturated rings. The van der Waals surface area contributed by atoms with Gasteiger partial charge in [-0.25, -0.2) is 16.8 Å². The smallest absolute Gasteiger partial charge is 0.253 e. The van der Waals surface area contributed by atoms with E-state index in [-0.39, 0.29) is 78.5 Å². The molecule has 10 nitrogen and oxygen atoms in total. The molecule has 0 unspecified atom stereocenters. The van der Waals surface area contributed by atoms with Crippen molar-refractivity contribution in [2.24, 2.45) is 0 Å². The van der Waals surface area contributed by atoms with Crippen molar-refractivity contribution in [3.8, 4) is 0 Å². The number of hydrogen-bond donors (Lipinski definition) is 0. The van der Waals surface area contributed by atoms with Crippen molar-refractivity contribution in [2.75, 3.05) is 39.3 Å². The molecule has 0 radical (unpaired) electrons. The van der Waals surface area contributed by atoms with Crippen LogP contribution in [0.4, 0.5) is 0 Å². The van der Waals surface area contributed by atoms with Crippen molar-refractivity contribution >= 4 is 31.7 Å². The Morgan fingerprint density at radius 2 is 1.32 bits per heavy atom. The molecule has 0 saturated carbocycles. The monoisotopic (exact) mass is 549 g/mol. The summed E-state index contributed by atoms with van der Waals surface area (Å²) in [5.74, 6) is -0.509. The number of carbonyl (C=O) groups is 2. The Hall–Kier alpha value is -2.64. The number of morpholine rings is 1. The summed E-state index contributed by atoms with van der Waals surface area (Å²) in [7, 11) is -7.58. The third kappa shape index (κ3) is 5.78. The second kappa shape index (κ2) is 10.6. The first kappa shape index (κ1) is 27.4. The van der Waals surface area contributed by atoms with Crippen molar-refractivity contribution in [3.05, 3.63) is 59.7 Å². The minimum Gasteiger partial charge on any atom is -0.373 e. The summed E-state index contributed by atoms with van der Waals surface area (Å²) >= 11 is 0. The highest BCUT2D eigenvalue weighted by Crippen LogP contribution is 2.23. The van der Waals surface area contributed by atoms with Gasteiger partial charge in [0.2, 0.25) is 20.0 Å². The third-order valence-electron chi connectivity index (χ3n) is 6.53. The van der Waals surface area contributed by atoms with Crippen molar-refractivity contribution < 1.29 is 31.2 Å². The fourth-order valence-corrected chi connectivity index (χ4v) is 7.65. The van der Waals surface area contributed by atoms with E-state index in [0.29, 0.717) is 5.56 Å². The molecular weight excluding hydrogens is 518 g/mol. The molecule has 2 aromatic rings. The van der Waals surface area contributed by atoms with Crippen LogP contribution in [0.15, 0.2) is 58.3 Å². The standard InChI is InChI=1S/C25H31N3O7S2/c1-18-16-28(17-19(2)35-18)37(33,34)24-6-4-5-22(15-24)25(30)26-11-13-27(14-12-26)36(31,32)23-9-7-21(8-10-23)20(3)29/h4-10,15,18-19H,11-14,16-17H2,1-3H3/t18-,19-/m1/s1. The average molecular weight is 550 g/mol. The molecule has 0 N–H and O–H groups in total. The summed E-state index contributed by atoms with van der Waals surface area (Å²) in [6, 6.07) is 11.7. The predicted octanol–water partition coefficient (Wildman–Crippen LogP) is 1.83. The summed E-state index contributed by atoms with van der Waals surface area (Å²) in [4.78, 5) is 26.3. The lowest BCUT2D eigenvalue weighted by Crippen LogP contribution is -2.50. The Morgan fingerprint density at radius 3 is 1.89 bits per heavy atom. The molecule has 2 atom stereocenters. The van der Waals surface area contributed by atoms with Gasteiger partial charge in [0.15, 0.2) is 5.78 Å². The van der Waals surface area contributed by atoms with Crippen molar-refractivity contribution in [3.63, 3.8) is 0 Å². The molecule has 0 bridgehead atoms. The van der Waals surface area contributed by atoms with Crippen molar-refractivity contribution in [1.29, 1.82) is 0 Å². The van der Waals surface area contributed by atoms with Gasteiger partial charge in [-0.1, -0.05) is 18.2 Å². The van der Waals surface area contributed by atoms with Crippen molar-refractivity contribution in [2.45, 2.75) is 42.8 Å². The number of piperazine rings is 1. The van der Waals surface area contributed by atoms with Crippen LogP contribution in [0.3, 0.4) is 0 Å². The maximum absolute atomic E-state index is 13.2. The van der Waals surface area contributed by atoms with Crippen LogP contribution < -0.4 is 0 Å². The highest BCUT2D eigenvalue weighted by Gasteiger charge is 2.34. The van der Waals surface area contributed by atoms with E-state index < -0.39 is 20.0 Å². The molecule has 0 spiro atoms. The Bertz CT molecular complexity index is 1370. The maximum Gasteiger partial charge on any atom is 0.253 e. The predicted molar refractivity (Wildman–Crippen MR) is 136 cm³/mol. The fraction of sp³-hybridized carbons (Fsp3) is 0.440. The van der Waals surface area contributed by atoms with Gasteiger partial charge in [0.1, 0.15) is 0 Å². The Kier molecular flexibility index (Phi) is 7.86. The van der Waals surface area contributed by atoms with Crippen LogP contribution in [-0.4, -0.2) is 93.5 Å². The molecular formula is C25H31N3O7S2. The first-order valence-corrected chi connectivity index (χ1v) is 14.9. The van der Waals surface area contributed by atoms with E-state index in [2.05, 4.69) is 0 Å². The van der Waals surface area contributed by atoms with E-state index in [1.54, 1.807) is 12.1 Å². The number of ether oxygens (including phenoxy) is 1. The Balaban J connectivity index is 1.44. The Labute approximate surface area is 217 Å². The van der Waals surface area contributed by atoms with Crippen LogP contribution in [0.5, 0.6) is 0 Å². The first-order chi connectivity index (χ1) is 17.4. The lowest BCUT2D eigenvalue weighted by molar-refractivity contribution is -0.0440. The summed E-state index contributed by atoms with van der Waals surface area (Å²) in [6.45, 7) is 6.05. The molecule has 2 aliphatic heterocycles. The number of ketones is 1. The van der Waals surface area contributed by atoms with E-state index in [4.69, 9.17) is 4.74 Å². The summed E-state index contributed by atoms with van der Waals surface area (Å²) in [6.07, 6.45) is -0.467. The first-order valence-electron chi connectivity index (χ1n) is 12.1. The molecule has 0 aromatic heterocycles. The zero-order valence-electron chi connectivity index (χ0n) is 21.0. The normalized spacial score (nSPS) is 22.1. The van der Waals surface area contributed by atoms with Gasteiger partial charge in [-0.3, -0.25) is 9.59 Å². The van der Waals surface area contributed by atoms with E-state index in [1.807, 2.05) is 13.8 Å². The molecule has 1 amide bonds. The van der Waals surface area contributed by atoms with Crippen LogP contribution in [-0.2, 0) is 24.8 Å². The maximum atomic E-state index is 13.2. The lowest BCUT2D eigenvalue weighted by Gasteiger charge is -2.35. The van der Waals surface area contributed by atoms with Crippen LogP contribution in [0.25, 0.3) is 0 Å². The highest BCUT2D eigenvalue weighted by molar-refractivity contribution is 7.89. The van der Waals surface area contributed by atoms with E-state index in [1.165, 1.54) is 56.8 Å². The Morgan fingerprint density at radius 1 is 0.757 bits per heavy atom. The number of sulfonamides is 2. The fourth-order valence-electron chi connectivity index (χ4n) is 4.59.